The maximum Gasteiger partial charge on any atom is 0.261 e. The first-order valence-electron chi connectivity index (χ1n) is 10.6. The Hall–Kier alpha value is -3.10. The lowest BCUT2D eigenvalue weighted by Gasteiger charge is -2.29. The van der Waals surface area contributed by atoms with Crippen molar-refractivity contribution in [2.45, 2.75) is 38.3 Å². The van der Waals surface area contributed by atoms with Gasteiger partial charge in [0.2, 0.25) is 0 Å². The number of hydrogen-bond acceptors (Lipinski definition) is 6. The minimum Gasteiger partial charge on any atom is -0.496 e. The number of carbonyl (C=O) groups excluding carboxylic acids is 1. The van der Waals surface area contributed by atoms with Crippen LogP contribution in [0.1, 0.15) is 47.3 Å². The molecular formula is C24H25FN2O5. The van der Waals surface area contributed by atoms with Crippen LogP contribution in [0.5, 0.6) is 5.75 Å². The minimum atomic E-state index is -0.786. The van der Waals surface area contributed by atoms with Gasteiger partial charge in [0.1, 0.15) is 11.6 Å². The summed E-state index contributed by atoms with van der Waals surface area (Å²) in [5, 5.41) is 10.7. The van der Waals surface area contributed by atoms with Crippen LogP contribution >= 0.6 is 0 Å². The average molecular weight is 440 g/mol. The van der Waals surface area contributed by atoms with E-state index in [0.29, 0.717) is 47.2 Å². The van der Waals surface area contributed by atoms with E-state index in [1.54, 1.807) is 25.1 Å². The fraction of sp³-hybridized carbons (Fsp3) is 0.375. The summed E-state index contributed by atoms with van der Waals surface area (Å²) in [6, 6.07) is 7.51. The van der Waals surface area contributed by atoms with Gasteiger partial charge in [-0.1, -0.05) is 13.0 Å². The quantitative estimate of drug-likeness (QED) is 0.593. The van der Waals surface area contributed by atoms with Crippen molar-refractivity contribution in [1.82, 2.24) is 9.55 Å². The first-order valence-corrected chi connectivity index (χ1v) is 10.6. The molecule has 0 amide bonds. The molecule has 0 spiro atoms. The topological polar surface area (TPSA) is 90.7 Å². The number of nitrogens with zero attached hydrogens (tertiary/aromatic N) is 2. The lowest BCUT2D eigenvalue weighted by molar-refractivity contribution is -0.0395. The maximum atomic E-state index is 14.4. The largest absolute Gasteiger partial charge is 0.496 e. The van der Waals surface area contributed by atoms with Crippen molar-refractivity contribution in [2.24, 2.45) is 0 Å². The number of fused-ring (bicyclic) bond motifs is 1. The van der Waals surface area contributed by atoms with Gasteiger partial charge in [-0.25, -0.2) is 9.37 Å². The number of aliphatic hydroxyl groups is 1. The number of ketones is 1. The van der Waals surface area contributed by atoms with Gasteiger partial charge >= 0.3 is 0 Å². The first kappa shape index (κ1) is 22.1. The van der Waals surface area contributed by atoms with Crippen LogP contribution in [0, 0.1) is 5.82 Å². The molecule has 8 heteroatoms. The van der Waals surface area contributed by atoms with E-state index < -0.39 is 18.0 Å². The normalized spacial score (nSPS) is 18.6. The Morgan fingerprint density at radius 2 is 2.16 bits per heavy atom. The molecule has 1 aliphatic heterocycles. The monoisotopic (exact) mass is 440 g/mol. The Balaban J connectivity index is 1.74. The van der Waals surface area contributed by atoms with E-state index >= 15 is 0 Å². The summed E-state index contributed by atoms with van der Waals surface area (Å²) in [6.45, 7) is 2.32. The van der Waals surface area contributed by atoms with Crippen LogP contribution in [0.3, 0.4) is 0 Å². The van der Waals surface area contributed by atoms with Crippen molar-refractivity contribution in [3.8, 4) is 5.75 Å². The smallest absolute Gasteiger partial charge is 0.261 e. The van der Waals surface area contributed by atoms with Crippen molar-refractivity contribution in [3.05, 3.63) is 69.5 Å². The highest BCUT2D eigenvalue weighted by molar-refractivity contribution is 5.96. The lowest BCUT2D eigenvalue weighted by Crippen LogP contribution is -2.39. The molecule has 0 aliphatic carbocycles. The zero-order chi connectivity index (χ0) is 22.8. The van der Waals surface area contributed by atoms with Crippen LogP contribution in [-0.2, 0) is 11.2 Å². The number of methoxy groups -OCH3 is 1. The number of halogens is 1. The molecular weight excluding hydrogens is 415 g/mol. The highest BCUT2D eigenvalue weighted by Crippen LogP contribution is 2.27. The fourth-order valence-electron chi connectivity index (χ4n) is 4.11. The zero-order valence-corrected chi connectivity index (χ0v) is 18.0. The second kappa shape index (κ2) is 9.18. The van der Waals surface area contributed by atoms with Gasteiger partial charge in [-0.05, 0) is 35.7 Å². The van der Waals surface area contributed by atoms with E-state index in [2.05, 4.69) is 4.98 Å². The number of aromatic nitrogens is 2. The molecule has 0 bridgehead atoms. The van der Waals surface area contributed by atoms with E-state index in [1.807, 2.05) is 0 Å². The molecule has 32 heavy (non-hydrogen) atoms. The van der Waals surface area contributed by atoms with Gasteiger partial charge in [-0.2, -0.15) is 0 Å². The number of carbonyl (C=O) groups is 1. The predicted octanol–water partition coefficient (Wildman–Crippen LogP) is 3.05. The van der Waals surface area contributed by atoms with Gasteiger partial charge in [0.05, 0.1) is 48.7 Å². The Labute approximate surface area is 184 Å². The summed E-state index contributed by atoms with van der Waals surface area (Å²) >= 11 is 0. The standard InChI is InChI=1S/C24H25FN2O5/c1-3-21(28)16-5-4-14(9-18(16)25)8-15-10-17-19(11-23(15)31-2)26-13-27(24(17)30)20-6-7-32-12-22(20)29/h4-5,9-11,13,20,22,29H,3,6-8,12H2,1-2H3/t20-,22-/m0/s1. The Kier molecular flexibility index (Phi) is 6.34. The van der Waals surface area contributed by atoms with Crippen molar-refractivity contribution >= 4 is 16.7 Å². The van der Waals surface area contributed by atoms with E-state index in [-0.39, 0.29) is 29.9 Å². The summed E-state index contributed by atoms with van der Waals surface area (Å²) in [5.41, 5.74) is 1.63. The Morgan fingerprint density at radius 3 is 2.84 bits per heavy atom. The van der Waals surface area contributed by atoms with Gasteiger partial charge in [0.25, 0.3) is 5.56 Å². The van der Waals surface area contributed by atoms with Crippen LogP contribution in [0.4, 0.5) is 4.39 Å². The average Bonchev–Trinajstić information content (AvgIpc) is 2.79. The van der Waals surface area contributed by atoms with E-state index in [0.717, 1.165) is 0 Å². The minimum absolute atomic E-state index is 0.0730. The fourth-order valence-corrected chi connectivity index (χ4v) is 4.11. The number of ether oxygens (including phenoxy) is 2. The van der Waals surface area contributed by atoms with Gasteiger partial charge in [0.15, 0.2) is 5.78 Å². The summed E-state index contributed by atoms with van der Waals surface area (Å²) in [4.78, 5) is 29.5. The second-order valence-corrected chi connectivity index (χ2v) is 7.90. The van der Waals surface area contributed by atoms with Crippen LogP contribution in [0.15, 0.2) is 41.5 Å². The summed E-state index contributed by atoms with van der Waals surface area (Å²) in [6.07, 6.45) is 1.72. The molecule has 7 nitrogen and oxygen atoms in total. The van der Waals surface area contributed by atoms with E-state index in [9.17, 15) is 19.1 Å². The highest BCUT2D eigenvalue weighted by Gasteiger charge is 2.27. The van der Waals surface area contributed by atoms with Crippen molar-refractivity contribution in [2.75, 3.05) is 20.3 Å². The third-order valence-corrected chi connectivity index (χ3v) is 5.88. The Morgan fingerprint density at radius 1 is 1.34 bits per heavy atom. The number of rotatable bonds is 6. The Bertz CT molecular complexity index is 1220. The summed E-state index contributed by atoms with van der Waals surface area (Å²) < 4.78 is 26.6. The molecule has 0 saturated carbocycles. The van der Waals surface area contributed by atoms with E-state index in [4.69, 9.17) is 9.47 Å². The molecule has 1 fully saturated rings. The molecule has 1 N–H and O–H groups in total. The van der Waals surface area contributed by atoms with Gasteiger partial charge in [-0.3, -0.25) is 14.2 Å². The van der Waals surface area contributed by atoms with Gasteiger partial charge in [0, 0.05) is 25.5 Å². The van der Waals surface area contributed by atoms with Crippen LogP contribution in [0.25, 0.3) is 10.9 Å². The highest BCUT2D eigenvalue weighted by atomic mass is 19.1. The molecule has 4 rings (SSSR count). The SMILES string of the molecule is CCC(=O)c1ccc(Cc2cc3c(=O)n([C@H]4CCOC[C@@H]4O)cnc3cc2OC)cc1F. The van der Waals surface area contributed by atoms with Crippen LogP contribution in [-0.4, -0.2) is 46.9 Å². The molecule has 2 aromatic carbocycles. The third-order valence-electron chi connectivity index (χ3n) is 5.88. The molecule has 0 unspecified atom stereocenters. The number of aliphatic hydroxyl groups excluding tert-OH is 1. The summed E-state index contributed by atoms with van der Waals surface area (Å²) in [5.74, 6) is -0.284. The lowest BCUT2D eigenvalue weighted by atomic mass is 9.99. The predicted molar refractivity (Wildman–Crippen MR) is 117 cm³/mol. The van der Waals surface area contributed by atoms with Crippen LogP contribution in [0.2, 0.25) is 0 Å². The van der Waals surface area contributed by atoms with Crippen LogP contribution < -0.4 is 10.3 Å². The molecule has 1 aromatic heterocycles. The summed E-state index contributed by atoms with van der Waals surface area (Å²) in [7, 11) is 1.52. The number of Topliss-reactive ketones (excluding diaryl/α,β-unsaturated/α-hetero) is 1. The second-order valence-electron chi connectivity index (χ2n) is 7.90. The van der Waals surface area contributed by atoms with E-state index in [1.165, 1.54) is 30.1 Å². The number of benzene rings is 2. The molecule has 2 heterocycles. The molecule has 2 atom stereocenters. The van der Waals surface area contributed by atoms with Crippen molar-refractivity contribution in [3.63, 3.8) is 0 Å². The maximum absolute atomic E-state index is 14.4. The van der Waals surface area contributed by atoms with Gasteiger partial charge < -0.3 is 14.6 Å². The van der Waals surface area contributed by atoms with Crippen molar-refractivity contribution in [1.29, 1.82) is 0 Å². The number of hydrogen-bond donors (Lipinski definition) is 1. The first-order chi connectivity index (χ1) is 15.4. The zero-order valence-electron chi connectivity index (χ0n) is 18.0. The molecule has 3 aromatic rings. The third kappa shape index (κ3) is 4.16. The molecule has 1 saturated heterocycles. The molecule has 0 radical (unpaired) electrons. The molecule has 168 valence electrons. The molecule has 1 aliphatic rings. The van der Waals surface area contributed by atoms with Crippen molar-refractivity contribution < 1.29 is 23.8 Å². The van der Waals surface area contributed by atoms with Gasteiger partial charge in [-0.15, -0.1) is 0 Å².